The SMILES string of the molecule is Cn1cc(-n2cc(Sc3ccccc3F)c3ccc(Cl)c(F)c32)cn1. The van der Waals surface area contributed by atoms with Gasteiger partial charge in [0.25, 0.3) is 0 Å². The van der Waals surface area contributed by atoms with E-state index >= 15 is 0 Å². The van der Waals surface area contributed by atoms with Gasteiger partial charge < -0.3 is 4.57 Å². The summed E-state index contributed by atoms with van der Waals surface area (Å²) in [5, 5.41) is 4.84. The molecule has 7 heteroatoms. The minimum atomic E-state index is -0.511. The summed E-state index contributed by atoms with van der Waals surface area (Å²) in [4.78, 5) is 1.21. The van der Waals surface area contributed by atoms with Crippen molar-refractivity contribution in [1.82, 2.24) is 14.3 Å². The lowest BCUT2D eigenvalue weighted by Gasteiger charge is -2.03. The van der Waals surface area contributed by atoms with E-state index in [0.717, 1.165) is 4.90 Å². The van der Waals surface area contributed by atoms with Crippen LogP contribution in [0.5, 0.6) is 0 Å². The summed E-state index contributed by atoms with van der Waals surface area (Å²) in [6.45, 7) is 0. The Labute approximate surface area is 151 Å². The minimum absolute atomic E-state index is 0.0400. The summed E-state index contributed by atoms with van der Waals surface area (Å²) in [6.07, 6.45) is 5.19. The van der Waals surface area contributed by atoms with E-state index in [-0.39, 0.29) is 10.8 Å². The van der Waals surface area contributed by atoms with E-state index in [4.69, 9.17) is 11.6 Å². The molecule has 0 N–H and O–H groups in total. The van der Waals surface area contributed by atoms with Crippen molar-refractivity contribution < 1.29 is 8.78 Å². The number of benzene rings is 2. The van der Waals surface area contributed by atoms with Gasteiger partial charge in [-0.05, 0) is 24.3 Å². The van der Waals surface area contributed by atoms with Gasteiger partial charge in [-0.25, -0.2) is 8.78 Å². The molecule has 2 heterocycles. The normalized spacial score (nSPS) is 11.4. The van der Waals surface area contributed by atoms with Crippen LogP contribution < -0.4 is 0 Å². The quantitative estimate of drug-likeness (QED) is 0.475. The second-order valence-corrected chi connectivity index (χ2v) is 7.02. The third-order valence-corrected chi connectivity index (χ3v) is 5.24. The Hall–Kier alpha value is -2.31. The maximum atomic E-state index is 14.7. The monoisotopic (exact) mass is 375 g/mol. The average Bonchev–Trinajstić information content (AvgIpc) is 3.17. The Morgan fingerprint density at radius 1 is 1.04 bits per heavy atom. The largest absolute Gasteiger partial charge is 0.310 e. The van der Waals surface area contributed by atoms with E-state index in [0.29, 0.717) is 21.5 Å². The van der Waals surface area contributed by atoms with Crippen LogP contribution in [0.15, 0.2) is 64.8 Å². The smallest absolute Gasteiger partial charge is 0.166 e. The van der Waals surface area contributed by atoms with Crippen molar-refractivity contribution in [3.63, 3.8) is 0 Å². The van der Waals surface area contributed by atoms with Gasteiger partial charge in [0, 0.05) is 34.6 Å². The van der Waals surface area contributed by atoms with Crippen molar-refractivity contribution in [3.05, 3.63) is 71.6 Å². The molecule has 2 aromatic heterocycles. The molecule has 3 nitrogen and oxygen atoms in total. The third-order valence-electron chi connectivity index (χ3n) is 3.85. The molecule has 0 amide bonds. The van der Waals surface area contributed by atoms with E-state index in [2.05, 4.69) is 5.10 Å². The van der Waals surface area contributed by atoms with Gasteiger partial charge in [0.15, 0.2) is 5.82 Å². The first-order valence-electron chi connectivity index (χ1n) is 7.45. The van der Waals surface area contributed by atoms with Gasteiger partial charge >= 0.3 is 0 Å². The number of hydrogen-bond acceptors (Lipinski definition) is 2. The Balaban J connectivity index is 1.94. The van der Waals surface area contributed by atoms with Gasteiger partial charge in [0.1, 0.15) is 5.82 Å². The Morgan fingerprint density at radius 3 is 2.56 bits per heavy atom. The van der Waals surface area contributed by atoms with Crippen molar-refractivity contribution in [2.75, 3.05) is 0 Å². The molecule has 0 atom stereocenters. The van der Waals surface area contributed by atoms with Crippen molar-refractivity contribution >= 4 is 34.3 Å². The minimum Gasteiger partial charge on any atom is -0.310 e. The molecule has 0 saturated heterocycles. The fourth-order valence-corrected chi connectivity index (χ4v) is 3.82. The van der Waals surface area contributed by atoms with Gasteiger partial charge in [-0.15, -0.1) is 0 Å². The Kier molecular flexibility index (Phi) is 4.01. The molecule has 0 aliphatic rings. The molecule has 0 radical (unpaired) electrons. The number of halogens is 3. The van der Waals surface area contributed by atoms with E-state index < -0.39 is 5.82 Å². The standard InChI is InChI=1S/C18H12ClF2N3S/c1-23-9-11(8-22-23)24-10-16(25-15-5-3-2-4-14(15)20)12-6-7-13(19)17(21)18(12)24/h2-10H,1H3. The maximum absolute atomic E-state index is 14.7. The van der Waals surface area contributed by atoms with Gasteiger partial charge in [0.2, 0.25) is 0 Å². The van der Waals surface area contributed by atoms with Gasteiger partial charge in [-0.2, -0.15) is 5.10 Å². The van der Waals surface area contributed by atoms with E-state index in [1.54, 1.807) is 59.2 Å². The van der Waals surface area contributed by atoms with Crippen LogP contribution in [0.2, 0.25) is 5.02 Å². The number of aryl methyl sites for hydroxylation is 1. The number of hydrogen-bond donors (Lipinski definition) is 0. The molecule has 0 saturated carbocycles. The summed E-state index contributed by atoms with van der Waals surface area (Å²) < 4.78 is 32.1. The average molecular weight is 376 g/mol. The molecule has 0 fully saturated rings. The molecule has 4 aromatic rings. The molecule has 2 aromatic carbocycles. The fraction of sp³-hybridized carbons (Fsp3) is 0.0556. The second kappa shape index (κ2) is 6.20. The number of aromatic nitrogens is 3. The maximum Gasteiger partial charge on any atom is 0.166 e. The number of rotatable bonds is 3. The first kappa shape index (κ1) is 16.2. The van der Waals surface area contributed by atoms with Gasteiger partial charge in [-0.3, -0.25) is 4.68 Å². The molecule has 126 valence electrons. The summed E-state index contributed by atoms with van der Waals surface area (Å²) in [5.41, 5.74) is 1.05. The van der Waals surface area contributed by atoms with E-state index in [9.17, 15) is 8.78 Å². The predicted molar refractivity (Wildman–Crippen MR) is 95.5 cm³/mol. The molecule has 4 rings (SSSR count). The summed E-state index contributed by atoms with van der Waals surface area (Å²) in [6, 6.07) is 9.76. The lowest BCUT2D eigenvalue weighted by Crippen LogP contribution is -1.93. The van der Waals surface area contributed by atoms with Crippen LogP contribution in [0, 0.1) is 11.6 Å². The van der Waals surface area contributed by atoms with E-state index in [1.807, 2.05) is 0 Å². The van der Waals surface area contributed by atoms with Crippen molar-refractivity contribution in [3.8, 4) is 5.69 Å². The van der Waals surface area contributed by atoms with Crippen LogP contribution in [0.1, 0.15) is 0 Å². The zero-order valence-corrected chi connectivity index (χ0v) is 14.7. The highest BCUT2D eigenvalue weighted by molar-refractivity contribution is 7.99. The van der Waals surface area contributed by atoms with Crippen molar-refractivity contribution in [1.29, 1.82) is 0 Å². The van der Waals surface area contributed by atoms with Crippen LogP contribution in [0.4, 0.5) is 8.78 Å². The molecule has 25 heavy (non-hydrogen) atoms. The Morgan fingerprint density at radius 2 is 1.84 bits per heavy atom. The number of fused-ring (bicyclic) bond motifs is 1. The number of nitrogens with zero attached hydrogens (tertiary/aromatic N) is 3. The molecule has 0 spiro atoms. The first-order chi connectivity index (χ1) is 12.0. The zero-order valence-electron chi connectivity index (χ0n) is 13.1. The summed E-state index contributed by atoms with van der Waals surface area (Å²) >= 11 is 7.22. The third kappa shape index (κ3) is 2.81. The first-order valence-corrected chi connectivity index (χ1v) is 8.64. The van der Waals surface area contributed by atoms with Crippen molar-refractivity contribution in [2.24, 2.45) is 7.05 Å². The summed E-state index contributed by atoms with van der Waals surface area (Å²) in [5.74, 6) is -0.826. The van der Waals surface area contributed by atoms with Crippen LogP contribution >= 0.6 is 23.4 Å². The van der Waals surface area contributed by atoms with Gasteiger partial charge in [-0.1, -0.05) is 35.5 Å². The zero-order chi connectivity index (χ0) is 17.6. The molecule has 0 aliphatic carbocycles. The van der Waals surface area contributed by atoms with Crippen LogP contribution in [0.25, 0.3) is 16.6 Å². The highest BCUT2D eigenvalue weighted by atomic mass is 35.5. The Bertz CT molecular complexity index is 1090. The topological polar surface area (TPSA) is 22.8 Å². The van der Waals surface area contributed by atoms with Crippen LogP contribution in [-0.2, 0) is 7.05 Å². The highest BCUT2D eigenvalue weighted by Gasteiger charge is 2.18. The van der Waals surface area contributed by atoms with Crippen molar-refractivity contribution in [2.45, 2.75) is 9.79 Å². The highest BCUT2D eigenvalue weighted by Crippen LogP contribution is 2.39. The lowest BCUT2D eigenvalue weighted by atomic mass is 10.2. The van der Waals surface area contributed by atoms with Gasteiger partial charge in [0.05, 0.1) is 22.4 Å². The molecule has 0 aliphatic heterocycles. The molecular weight excluding hydrogens is 364 g/mol. The second-order valence-electron chi connectivity index (χ2n) is 5.53. The molecular formula is C18H12ClF2N3S. The molecule has 0 unspecified atom stereocenters. The van der Waals surface area contributed by atoms with E-state index in [1.165, 1.54) is 23.9 Å². The molecule has 0 bridgehead atoms. The van der Waals surface area contributed by atoms with Crippen LogP contribution in [0.3, 0.4) is 0 Å². The lowest BCUT2D eigenvalue weighted by molar-refractivity contribution is 0.602. The predicted octanol–water partition coefficient (Wildman–Crippen LogP) is 5.45. The van der Waals surface area contributed by atoms with Crippen LogP contribution in [-0.4, -0.2) is 14.3 Å². The summed E-state index contributed by atoms with van der Waals surface area (Å²) in [7, 11) is 1.79. The fourth-order valence-electron chi connectivity index (χ4n) is 2.69.